The van der Waals surface area contributed by atoms with E-state index in [1.807, 2.05) is 42.2 Å². The summed E-state index contributed by atoms with van der Waals surface area (Å²) in [4.78, 5) is 19.1. The van der Waals surface area contributed by atoms with E-state index >= 15 is 0 Å². The van der Waals surface area contributed by atoms with Crippen LogP contribution >= 0.6 is 0 Å². The maximum Gasteiger partial charge on any atom is 0.276 e. The van der Waals surface area contributed by atoms with Crippen LogP contribution in [-0.2, 0) is 0 Å². The zero-order chi connectivity index (χ0) is 18.3. The van der Waals surface area contributed by atoms with Crippen LogP contribution in [0, 0.1) is 12.3 Å². The maximum atomic E-state index is 12.9. The van der Waals surface area contributed by atoms with Gasteiger partial charge in [0.15, 0.2) is 5.69 Å². The molecule has 0 aliphatic carbocycles. The van der Waals surface area contributed by atoms with Crippen LogP contribution in [-0.4, -0.2) is 50.4 Å². The van der Waals surface area contributed by atoms with E-state index in [1.54, 1.807) is 10.9 Å². The first-order chi connectivity index (χ1) is 12.5. The molecule has 7 heteroatoms. The van der Waals surface area contributed by atoms with Crippen molar-refractivity contribution in [2.75, 3.05) is 19.6 Å². The minimum atomic E-state index is -0.0794. The van der Waals surface area contributed by atoms with Gasteiger partial charge in [0.2, 0.25) is 0 Å². The molecule has 3 aromatic rings. The average molecular weight is 350 g/mol. The second-order valence-electron chi connectivity index (χ2n) is 7.27. The molecular weight excluding hydrogens is 328 g/mol. The molecule has 1 aliphatic heterocycles. The number of hydrogen-bond donors (Lipinski definition) is 1. The summed E-state index contributed by atoms with van der Waals surface area (Å²) in [6, 6.07) is 9.73. The second kappa shape index (κ2) is 6.17. The number of likely N-dealkylation sites (tertiary alicyclic amines) is 1. The Morgan fingerprint density at radius 2 is 2.15 bits per heavy atom. The number of carbonyl (C=O) groups excluding carboxylic acids is 1. The molecule has 0 spiro atoms. The van der Waals surface area contributed by atoms with E-state index in [4.69, 9.17) is 5.73 Å². The lowest BCUT2D eigenvalue weighted by molar-refractivity contribution is 0.0770. The first kappa shape index (κ1) is 16.7. The van der Waals surface area contributed by atoms with Crippen molar-refractivity contribution in [3.63, 3.8) is 0 Å². The Balaban J connectivity index is 1.70. The van der Waals surface area contributed by atoms with E-state index in [0.717, 1.165) is 28.7 Å². The third-order valence-electron chi connectivity index (χ3n) is 5.29. The number of nitrogens with two attached hydrogens (primary N) is 1. The van der Waals surface area contributed by atoms with E-state index < -0.39 is 0 Å². The molecule has 7 nitrogen and oxygen atoms in total. The van der Waals surface area contributed by atoms with Crippen LogP contribution in [0.5, 0.6) is 0 Å². The fourth-order valence-corrected chi connectivity index (χ4v) is 3.54. The summed E-state index contributed by atoms with van der Waals surface area (Å²) in [5.74, 6) is -0.0794. The highest BCUT2D eigenvalue weighted by molar-refractivity contribution is 5.94. The number of rotatable bonds is 3. The summed E-state index contributed by atoms with van der Waals surface area (Å²) < 4.78 is 1.72. The summed E-state index contributed by atoms with van der Waals surface area (Å²) in [6.45, 7) is 5.93. The van der Waals surface area contributed by atoms with Gasteiger partial charge < -0.3 is 10.6 Å². The smallest absolute Gasteiger partial charge is 0.276 e. The highest BCUT2D eigenvalue weighted by Crippen LogP contribution is 2.30. The van der Waals surface area contributed by atoms with Crippen LogP contribution in [0.1, 0.15) is 29.5 Å². The molecule has 4 rings (SSSR count). The van der Waals surface area contributed by atoms with Gasteiger partial charge in [0, 0.05) is 24.7 Å². The molecule has 26 heavy (non-hydrogen) atoms. The highest BCUT2D eigenvalue weighted by Gasteiger charge is 2.36. The number of hydrogen-bond acceptors (Lipinski definition) is 5. The van der Waals surface area contributed by atoms with Gasteiger partial charge >= 0.3 is 0 Å². The molecule has 0 saturated carbocycles. The lowest BCUT2D eigenvalue weighted by Gasteiger charge is -2.22. The van der Waals surface area contributed by atoms with Crippen molar-refractivity contribution in [1.82, 2.24) is 24.9 Å². The molecular formula is C19H22N6O. The Hall–Kier alpha value is -2.80. The molecule has 1 saturated heterocycles. The zero-order valence-electron chi connectivity index (χ0n) is 15.0. The molecule has 0 bridgehead atoms. The fraction of sp³-hybridized carbons (Fsp3) is 0.368. The van der Waals surface area contributed by atoms with Gasteiger partial charge in [0.25, 0.3) is 5.91 Å². The molecule has 0 radical (unpaired) electrons. The van der Waals surface area contributed by atoms with E-state index in [1.165, 1.54) is 0 Å². The molecule has 2 aromatic heterocycles. The molecule has 1 fully saturated rings. The number of nitrogens with zero attached hydrogens (tertiary/aromatic N) is 5. The Kier molecular flexibility index (Phi) is 3.96. The van der Waals surface area contributed by atoms with Crippen molar-refractivity contribution in [3.05, 3.63) is 47.9 Å². The van der Waals surface area contributed by atoms with Crippen molar-refractivity contribution < 1.29 is 4.79 Å². The quantitative estimate of drug-likeness (QED) is 0.779. The van der Waals surface area contributed by atoms with Gasteiger partial charge in [-0.3, -0.25) is 9.78 Å². The molecule has 1 unspecified atom stereocenters. The first-order valence-electron chi connectivity index (χ1n) is 8.78. The summed E-state index contributed by atoms with van der Waals surface area (Å²) in [6.07, 6.45) is 2.68. The number of amides is 1. The summed E-state index contributed by atoms with van der Waals surface area (Å²) >= 11 is 0. The predicted molar refractivity (Wildman–Crippen MR) is 99.1 cm³/mol. The monoisotopic (exact) mass is 350 g/mol. The average Bonchev–Trinajstić information content (AvgIpc) is 3.24. The molecule has 1 amide bonds. The van der Waals surface area contributed by atoms with Gasteiger partial charge in [-0.05, 0) is 49.6 Å². The van der Waals surface area contributed by atoms with Crippen LogP contribution < -0.4 is 5.73 Å². The largest absolute Gasteiger partial charge is 0.337 e. The number of fused-ring (bicyclic) bond motifs is 1. The maximum absolute atomic E-state index is 12.9. The number of pyridine rings is 1. The van der Waals surface area contributed by atoms with Crippen molar-refractivity contribution in [1.29, 1.82) is 0 Å². The number of benzene rings is 1. The summed E-state index contributed by atoms with van der Waals surface area (Å²) in [5, 5.41) is 9.41. The Morgan fingerprint density at radius 3 is 2.92 bits per heavy atom. The van der Waals surface area contributed by atoms with Gasteiger partial charge in [0.05, 0.1) is 16.9 Å². The normalized spacial score (nSPS) is 20.0. The van der Waals surface area contributed by atoms with Gasteiger partial charge in [-0.15, -0.1) is 5.10 Å². The molecule has 3 heterocycles. The number of aromatic nitrogens is 4. The van der Waals surface area contributed by atoms with Crippen LogP contribution in [0.3, 0.4) is 0 Å². The molecule has 1 aliphatic rings. The lowest BCUT2D eigenvalue weighted by Crippen LogP contribution is -2.35. The van der Waals surface area contributed by atoms with Crippen molar-refractivity contribution in [2.45, 2.75) is 20.3 Å². The zero-order valence-corrected chi connectivity index (χ0v) is 15.0. The van der Waals surface area contributed by atoms with E-state index in [9.17, 15) is 4.79 Å². The van der Waals surface area contributed by atoms with Crippen LogP contribution in [0.4, 0.5) is 0 Å². The topological polar surface area (TPSA) is 89.9 Å². The van der Waals surface area contributed by atoms with Gasteiger partial charge in [-0.1, -0.05) is 18.2 Å². The summed E-state index contributed by atoms with van der Waals surface area (Å²) in [7, 11) is 0. The molecule has 2 N–H and O–H groups in total. The SMILES string of the molecule is Cc1c(C(=O)N2CCC(C)(CN)C2)nnn1-c1cccc2ncccc12. The van der Waals surface area contributed by atoms with Crippen molar-refractivity contribution >= 4 is 16.8 Å². The van der Waals surface area contributed by atoms with E-state index in [-0.39, 0.29) is 11.3 Å². The minimum Gasteiger partial charge on any atom is -0.337 e. The van der Waals surface area contributed by atoms with Crippen molar-refractivity contribution in [3.8, 4) is 5.69 Å². The Bertz CT molecular complexity index is 976. The third kappa shape index (κ3) is 2.64. The standard InChI is InChI=1S/C19H22N6O/c1-13-17(18(26)24-10-8-19(2,11-20)12-24)22-23-25(13)16-7-3-6-15-14(16)5-4-9-21-15/h3-7,9H,8,10-12,20H2,1-2H3. The number of carbonyl (C=O) groups is 1. The second-order valence-corrected chi connectivity index (χ2v) is 7.27. The Morgan fingerprint density at radius 1 is 1.31 bits per heavy atom. The van der Waals surface area contributed by atoms with Gasteiger partial charge in [-0.25, -0.2) is 4.68 Å². The fourth-order valence-electron chi connectivity index (χ4n) is 3.54. The predicted octanol–water partition coefficient (Wildman–Crippen LogP) is 1.93. The lowest BCUT2D eigenvalue weighted by atomic mass is 9.90. The van der Waals surface area contributed by atoms with Gasteiger partial charge in [0.1, 0.15) is 0 Å². The molecule has 1 atom stereocenters. The molecule has 1 aromatic carbocycles. The van der Waals surface area contributed by atoms with Crippen LogP contribution in [0.15, 0.2) is 36.5 Å². The molecule has 134 valence electrons. The summed E-state index contributed by atoms with van der Waals surface area (Å²) in [5.41, 5.74) is 8.72. The first-order valence-corrected chi connectivity index (χ1v) is 8.78. The Labute approximate surface area is 151 Å². The highest BCUT2D eigenvalue weighted by atomic mass is 16.2. The van der Waals surface area contributed by atoms with E-state index in [2.05, 4.69) is 22.2 Å². The minimum absolute atomic E-state index is 0.0130. The van der Waals surface area contributed by atoms with Crippen molar-refractivity contribution in [2.24, 2.45) is 11.1 Å². The van der Waals surface area contributed by atoms with E-state index in [0.29, 0.717) is 25.3 Å². The third-order valence-corrected chi connectivity index (χ3v) is 5.29. The van der Waals surface area contributed by atoms with Crippen LogP contribution in [0.2, 0.25) is 0 Å². The van der Waals surface area contributed by atoms with Gasteiger partial charge in [-0.2, -0.15) is 0 Å². The van der Waals surface area contributed by atoms with Crippen LogP contribution in [0.25, 0.3) is 16.6 Å².